The Hall–Kier alpha value is -6.40. The molecule has 0 aromatic heterocycles. The number of ether oxygens (including phenoxy) is 5. The van der Waals surface area contributed by atoms with Crippen LogP contribution in [-0.2, 0) is 48.0 Å². The van der Waals surface area contributed by atoms with Gasteiger partial charge in [-0.05, 0) is 81.3 Å². The fraction of sp³-hybridized carbons (Fsp3) is 0.298. The summed E-state index contributed by atoms with van der Waals surface area (Å²) in [7, 11) is 3.24. The van der Waals surface area contributed by atoms with Gasteiger partial charge in [-0.3, -0.25) is 4.79 Å². The molecule has 2 amide bonds. The van der Waals surface area contributed by atoms with Crippen LogP contribution in [0.2, 0.25) is 0 Å². The van der Waals surface area contributed by atoms with Gasteiger partial charge in [-0.1, -0.05) is 163 Å². The van der Waals surface area contributed by atoms with Gasteiger partial charge in [-0.15, -0.1) is 0 Å². The number of nitrogens with zero attached hydrogens (tertiary/aromatic N) is 1. The summed E-state index contributed by atoms with van der Waals surface area (Å²) in [5, 5.41) is 11.0. The number of methoxy groups -OCH3 is 2. The van der Waals surface area contributed by atoms with Crippen LogP contribution >= 0.6 is 0 Å². The Balaban J connectivity index is 0.000000293. The van der Waals surface area contributed by atoms with Crippen molar-refractivity contribution in [2.75, 3.05) is 47.1 Å². The second kappa shape index (κ2) is 24.4. The molecular weight excluding hydrogens is 839 g/mol. The van der Waals surface area contributed by atoms with Crippen LogP contribution in [0.3, 0.4) is 0 Å². The lowest BCUT2D eigenvalue weighted by Gasteiger charge is -2.31. The summed E-state index contributed by atoms with van der Waals surface area (Å²) in [5.41, 5.74) is 8.89. The number of benzene rings is 7. The average molecular weight is 902 g/mol. The van der Waals surface area contributed by atoms with E-state index in [1.165, 1.54) is 16.3 Å². The molecule has 2 N–H and O–H groups in total. The SMILES string of the molecule is CCOC(CN(Cc1cccc2ccccc12)C(=O)[C@@H](Cc1ccc(C)cc1)NC(=O)OCC1c2ccccc2-c2ccccc21)OC.CCOC(CNCc1cccc2ccccc12)OC. The molecule has 2 unspecified atom stereocenters. The van der Waals surface area contributed by atoms with Crippen LogP contribution in [0.25, 0.3) is 32.7 Å². The van der Waals surface area contributed by atoms with Crippen LogP contribution in [0.15, 0.2) is 158 Å². The number of amides is 2. The topological polar surface area (TPSA) is 108 Å². The van der Waals surface area contributed by atoms with Crippen LogP contribution < -0.4 is 10.6 Å². The minimum Gasteiger partial charge on any atom is -0.449 e. The Morgan fingerprint density at radius 3 is 1.78 bits per heavy atom. The molecule has 1 aliphatic rings. The molecule has 0 aliphatic heterocycles. The lowest BCUT2D eigenvalue weighted by molar-refractivity contribution is -0.153. The summed E-state index contributed by atoms with van der Waals surface area (Å²) in [6, 6.07) is 52.5. The van der Waals surface area contributed by atoms with E-state index in [0.29, 0.717) is 32.7 Å². The zero-order valence-corrected chi connectivity index (χ0v) is 39.3. The lowest BCUT2D eigenvalue weighted by atomic mass is 9.98. The van der Waals surface area contributed by atoms with Gasteiger partial charge in [-0.25, -0.2) is 4.79 Å². The van der Waals surface area contributed by atoms with E-state index in [0.717, 1.165) is 56.3 Å². The highest BCUT2D eigenvalue weighted by molar-refractivity contribution is 5.89. The van der Waals surface area contributed by atoms with Gasteiger partial charge in [0.05, 0.1) is 6.54 Å². The molecule has 0 saturated carbocycles. The molecule has 10 heteroatoms. The Morgan fingerprint density at radius 2 is 1.16 bits per heavy atom. The zero-order chi connectivity index (χ0) is 47.0. The summed E-state index contributed by atoms with van der Waals surface area (Å²) in [5.74, 6) is -0.343. The van der Waals surface area contributed by atoms with E-state index in [4.69, 9.17) is 23.7 Å². The van der Waals surface area contributed by atoms with Crippen LogP contribution in [0.5, 0.6) is 0 Å². The summed E-state index contributed by atoms with van der Waals surface area (Å²) in [6.07, 6.45) is -1.16. The lowest BCUT2D eigenvalue weighted by Crippen LogP contribution is -2.51. The molecule has 0 spiro atoms. The minimum absolute atomic E-state index is 0.0917. The molecule has 0 saturated heterocycles. The van der Waals surface area contributed by atoms with Crippen molar-refractivity contribution in [1.29, 1.82) is 0 Å². The molecule has 3 atom stereocenters. The van der Waals surface area contributed by atoms with E-state index >= 15 is 0 Å². The number of carbonyl (C=O) groups excluding carboxylic acids is 2. The van der Waals surface area contributed by atoms with Crippen molar-refractivity contribution in [3.05, 3.63) is 191 Å². The maximum absolute atomic E-state index is 14.6. The minimum atomic E-state index is -0.891. The quantitative estimate of drug-likeness (QED) is 0.0729. The van der Waals surface area contributed by atoms with E-state index in [2.05, 4.69) is 95.6 Å². The van der Waals surface area contributed by atoms with Gasteiger partial charge < -0.3 is 39.2 Å². The predicted molar refractivity (Wildman–Crippen MR) is 267 cm³/mol. The monoisotopic (exact) mass is 901 g/mol. The van der Waals surface area contributed by atoms with E-state index < -0.39 is 18.4 Å². The number of alkyl carbamates (subject to hydrolysis) is 1. The third-order valence-electron chi connectivity index (χ3n) is 12.2. The second-order valence-corrected chi connectivity index (χ2v) is 16.6. The van der Waals surface area contributed by atoms with Gasteiger partial charge in [0.1, 0.15) is 12.6 Å². The summed E-state index contributed by atoms with van der Waals surface area (Å²) in [6.45, 7) is 9.12. The fourth-order valence-electron chi connectivity index (χ4n) is 8.76. The first-order valence-corrected chi connectivity index (χ1v) is 23.2. The smallest absolute Gasteiger partial charge is 0.407 e. The summed E-state index contributed by atoms with van der Waals surface area (Å²) >= 11 is 0. The normalized spacial score (nSPS) is 13.2. The Bertz CT molecular complexity index is 2630. The predicted octanol–water partition coefficient (Wildman–Crippen LogP) is 10.6. The molecule has 0 bridgehead atoms. The van der Waals surface area contributed by atoms with E-state index in [1.54, 1.807) is 19.1 Å². The highest BCUT2D eigenvalue weighted by Crippen LogP contribution is 2.44. The standard InChI is InChI=1S/C41H42N2O5.C16H21NO2/c1-4-47-39(46-3)26-43(25-31-14-11-13-30-12-5-6-15-32(30)31)40(44)38(24-29-22-20-28(2)21-23-29)42-41(45)48-27-37-35-18-9-7-16-33(35)34-17-8-10-19-36(34)37;1-3-19-16(18-2)12-17-11-14-9-6-8-13-7-4-5-10-15(13)14/h5-23,37-39H,4,24-27H2,1-3H3,(H,42,45);4-10,16-17H,3,11-12H2,1-2H3/t38-,39?;/m1./s1. The molecule has 8 rings (SSSR count). The van der Waals surface area contributed by atoms with Crippen LogP contribution in [-0.4, -0.2) is 82.7 Å². The molecule has 348 valence electrons. The first-order chi connectivity index (χ1) is 32.8. The Kier molecular flexibility index (Phi) is 17.7. The first-order valence-electron chi connectivity index (χ1n) is 23.2. The fourth-order valence-corrected chi connectivity index (χ4v) is 8.76. The molecule has 7 aromatic rings. The van der Waals surface area contributed by atoms with Gasteiger partial charge in [0.2, 0.25) is 5.91 Å². The number of rotatable bonds is 20. The van der Waals surface area contributed by atoms with Crippen LogP contribution in [0.1, 0.15) is 53.1 Å². The van der Waals surface area contributed by atoms with Crippen LogP contribution in [0, 0.1) is 6.92 Å². The zero-order valence-electron chi connectivity index (χ0n) is 39.3. The van der Waals surface area contributed by atoms with Gasteiger partial charge in [0, 0.05) is 59.4 Å². The first kappa shape index (κ1) is 48.5. The van der Waals surface area contributed by atoms with Crippen LogP contribution in [0.4, 0.5) is 4.79 Å². The van der Waals surface area contributed by atoms with E-state index in [9.17, 15) is 9.59 Å². The van der Waals surface area contributed by atoms with Crippen molar-refractivity contribution >= 4 is 33.5 Å². The number of fused-ring (bicyclic) bond motifs is 5. The van der Waals surface area contributed by atoms with Gasteiger partial charge in [0.15, 0.2) is 12.6 Å². The van der Waals surface area contributed by atoms with Gasteiger partial charge in [-0.2, -0.15) is 0 Å². The van der Waals surface area contributed by atoms with E-state index in [-0.39, 0.29) is 31.3 Å². The molecule has 0 heterocycles. The summed E-state index contributed by atoms with van der Waals surface area (Å²) in [4.78, 5) is 29.9. The third kappa shape index (κ3) is 12.7. The van der Waals surface area contributed by atoms with Crippen molar-refractivity contribution < 1.29 is 33.3 Å². The molecule has 10 nitrogen and oxygen atoms in total. The number of nitrogens with one attached hydrogen (secondary N) is 2. The van der Waals surface area contributed by atoms with Crippen molar-refractivity contribution in [1.82, 2.24) is 15.5 Å². The number of carbonyl (C=O) groups is 2. The molecule has 1 aliphatic carbocycles. The maximum Gasteiger partial charge on any atom is 0.407 e. The number of hydrogen-bond donors (Lipinski definition) is 2. The molecule has 7 aromatic carbocycles. The summed E-state index contributed by atoms with van der Waals surface area (Å²) < 4.78 is 28.0. The largest absolute Gasteiger partial charge is 0.449 e. The maximum atomic E-state index is 14.6. The molecule has 0 radical (unpaired) electrons. The molecule has 67 heavy (non-hydrogen) atoms. The highest BCUT2D eigenvalue weighted by atomic mass is 16.7. The van der Waals surface area contributed by atoms with Crippen molar-refractivity contribution in [2.24, 2.45) is 0 Å². The molecule has 0 fully saturated rings. The third-order valence-corrected chi connectivity index (χ3v) is 12.2. The van der Waals surface area contributed by atoms with Crippen molar-refractivity contribution in [2.45, 2.75) is 64.8 Å². The number of hydrogen-bond acceptors (Lipinski definition) is 8. The van der Waals surface area contributed by atoms with E-state index in [1.807, 2.05) is 93.6 Å². The second-order valence-electron chi connectivity index (χ2n) is 16.6. The molecular formula is C57H63N3O7. The van der Waals surface area contributed by atoms with Gasteiger partial charge in [0.25, 0.3) is 0 Å². The van der Waals surface area contributed by atoms with Crippen molar-refractivity contribution in [3.63, 3.8) is 0 Å². The van der Waals surface area contributed by atoms with Crippen molar-refractivity contribution in [3.8, 4) is 11.1 Å². The highest BCUT2D eigenvalue weighted by Gasteiger charge is 2.32. The number of aryl methyl sites for hydroxylation is 1. The van der Waals surface area contributed by atoms with Gasteiger partial charge >= 0.3 is 6.09 Å². The Labute approximate surface area is 395 Å². The Morgan fingerprint density at radius 1 is 0.627 bits per heavy atom. The average Bonchev–Trinajstić information content (AvgIpc) is 3.68.